The van der Waals surface area contributed by atoms with Gasteiger partial charge in [-0.2, -0.15) is 0 Å². The Morgan fingerprint density at radius 2 is 1.63 bits per heavy atom. The number of hydrogen-bond donors (Lipinski definition) is 2. The lowest BCUT2D eigenvalue weighted by Crippen LogP contribution is -2.32. The number of rotatable bonds is 3. The maximum atomic E-state index is 11.7. The van der Waals surface area contributed by atoms with Crippen LogP contribution in [0.1, 0.15) is 70.6 Å². The average Bonchev–Trinajstić information content (AvgIpc) is 2.40. The molecule has 1 heterocycles. The van der Waals surface area contributed by atoms with Crippen molar-refractivity contribution in [2.75, 3.05) is 6.61 Å². The molecule has 4 nitrogen and oxygen atoms in total. The smallest absolute Gasteiger partial charge is 0.306 e. The van der Waals surface area contributed by atoms with Crippen LogP contribution in [0, 0.1) is 0 Å². The van der Waals surface area contributed by atoms with E-state index in [1.807, 2.05) is 0 Å². The maximum Gasteiger partial charge on any atom is 0.306 e. The van der Waals surface area contributed by atoms with Gasteiger partial charge in [0.15, 0.2) is 0 Å². The largest absolute Gasteiger partial charge is 0.460 e. The normalized spacial score (nSPS) is 25.6. The number of hydrogen-bond acceptors (Lipinski definition) is 4. The first-order chi connectivity index (χ1) is 9.24. The Labute approximate surface area is 116 Å². The Morgan fingerprint density at radius 3 is 2.26 bits per heavy atom. The summed E-state index contributed by atoms with van der Waals surface area (Å²) in [5.41, 5.74) is 0. The van der Waals surface area contributed by atoms with Crippen LogP contribution in [-0.4, -0.2) is 35.0 Å². The number of aliphatic hydroxyl groups excluding tert-OH is 2. The quantitative estimate of drug-likeness (QED) is 0.775. The zero-order valence-electron chi connectivity index (χ0n) is 11.9. The minimum atomic E-state index is -0.737. The van der Waals surface area contributed by atoms with E-state index < -0.39 is 12.2 Å². The molecule has 1 fully saturated rings. The molecule has 19 heavy (non-hydrogen) atoms. The summed E-state index contributed by atoms with van der Waals surface area (Å²) >= 11 is 0. The average molecular weight is 272 g/mol. The first-order valence-electron chi connectivity index (χ1n) is 7.72. The van der Waals surface area contributed by atoms with Gasteiger partial charge in [0.1, 0.15) is 6.10 Å². The van der Waals surface area contributed by atoms with Gasteiger partial charge < -0.3 is 14.9 Å². The summed E-state index contributed by atoms with van der Waals surface area (Å²) in [5, 5.41) is 18.8. The minimum Gasteiger partial charge on any atom is -0.460 e. The molecule has 0 bridgehead atoms. The monoisotopic (exact) mass is 272 g/mol. The second kappa shape index (κ2) is 10.2. The molecule has 0 radical (unpaired) electrons. The summed E-state index contributed by atoms with van der Waals surface area (Å²) in [6.45, 7) is -0.0742. The fraction of sp³-hybridized carbons (Fsp3) is 0.933. The van der Waals surface area contributed by atoms with Gasteiger partial charge in [-0.3, -0.25) is 4.79 Å². The Morgan fingerprint density at radius 1 is 1.05 bits per heavy atom. The summed E-state index contributed by atoms with van der Waals surface area (Å²) in [6.07, 6.45) is 9.23. The van der Waals surface area contributed by atoms with E-state index in [9.17, 15) is 9.90 Å². The molecule has 1 unspecified atom stereocenters. The molecule has 4 heteroatoms. The molecule has 1 aliphatic heterocycles. The van der Waals surface area contributed by atoms with Gasteiger partial charge in [-0.15, -0.1) is 0 Å². The van der Waals surface area contributed by atoms with Crippen molar-refractivity contribution in [3.8, 4) is 0 Å². The molecule has 0 spiro atoms. The SMILES string of the molecule is O=C1CCCCCCCCCCC([C@H](O)CCO)O1. The third-order valence-electron chi connectivity index (χ3n) is 3.76. The summed E-state index contributed by atoms with van der Waals surface area (Å²) < 4.78 is 5.38. The number of cyclic esters (lactones) is 1. The summed E-state index contributed by atoms with van der Waals surface area (Å²) in [4.78, 5) is 11.7. The van der Waals surface area contributed by atoms with Crippen LogP contribution in [0.3, 0.4) is 0 Å². The van der Waals surface area contributed by atoms with Crippen molar-refractivity contribution in [2.45, 2.75) is 82.8 Å². The van der Waals surface area contributed by atoms with Gasteiger partial charge in [0.05, 0.1) is 6.10 Å². The molecule has 0 aromatic rings. The highest BCUT2D eigenvalue weighted by molar-refractivity contribution is 5.69. The van der Waals surface area contributed by atoms with Crippen molar-refractivity contribution < 1.29 is 19.7 Å². The van der Waals surface area contributed by atoms with Crippen LogP contribution in [0.5, 0.6) is 0 Å². The van der Waals surface area contributed by atoms with Crippen LogP contribution in [0.15, 0.2) is 0 Å². The van der Waals surface area contributed by atoms with Crippen LogP contribution in [0.25, 0.3) is 0 Å². The van der Waals surface area contributed by atoms with E-state index in [1.165, 1.54) is 25.7 Å². The van der Waals surface area contributed by atoms with Gasteiger partial charge in [0.25, 0.3) is 0 Å². The van der Waals surface area contributed by atoms with Crippen molar-refractivity contribution in [3.05, 3.63) is 0 Å². The van der Waals surface area contributed by atoms with E-state index in [-0.39, 0.29) is 19.0 Å². The van der Waals surface area contributed by atoms with E-state index in [0.717, 1.165) is 25.7 Å². The minimum absolute atomic E-state index is 0.0742. The first-order valence-corrected chi connectivity index (χ1v) is 7.72. The van der Waals surface area contributed by atoms with Gasteiger partial charge >= 0.3 is 5.97 Å². The second-order valence-electron chi connectivity index (χ2n) is 5.48. The molecule has 0 aromatic heterocycles. The first kappa shape index (κ1) is 16.4. The Kier molecular flexibility index (Phi) is 8.84. The molecule has 2 N–H and O–H groups in total. The fourth-order valence-electron chi connectivity index (χ4n) is 2.55. The molecule has 1 rings (SSSR count). The van der Waals surface area contributed by atoms with Gasteiger partial charge in [-0.1, -0.05) is 38.5 Å². The highest BCUT2D eigenvalue weighted by Crippen LogP contribution is 2.18. The Balaban J connectivity index is 2.47. The van der Waals surface area contributed by atoms with Crippen LogP contribution in [0.4, 0.5) is 0 Å². The molecule has 2 atom stereocenters. The van der Waals surface area contributed by atoms with Crippen LogP contribution in [-0.2, 0) is 9.53 Å². The third-order valence-corrected chi connectivity index (χ3v) is 3.76. The zero-order valence-corrected chi connectivity index (χ0v) is 11.9. The molecule has 0 aromatic carbocycles. The molecular formula is C15H28O4. The molecule has 1 saturated heterocycles. The predicted molar refractivity (Wildman–Crippen MR) is 73.8 cm³/mol. The van der Waals surface area contributed by atoms with Crippen LogP contribution in [0.2, 0.25) is 0 Å². The van der Waals surface area contributed by atoms with E-state index in [4.69, 9.17) is 9.84 Å². The number of esters is 1. The summed E-state index contributed by atoms with van der Waals surface area (Å²) in [5.74, 6) is -0.207. The predicted octanol–water partition coefficient (Wildman–Crippen LogP) is 2.56. The highest BCUT2D eigenvalue weighted by atomic mass is 16.6. The fourth-order valence-corrected chi connectivity index (χ4v) is 2.55. The van der Waals surface area contributed by atoms with E-state index >= 15 is 0 Å². The molecular weight excluding hydrogens is 244 g/mol. The molecule has 0 saturated carbocycles. The number of carbonyl (C=O) groups excluding carboxylic acids is 1. The van der Waals surface area contributed by atoms with E-state index in [2.05, 4.69) is 0 Å². The molecule has 1 aliphatic rings. The third kappa shape index (κ3) is 7.53. The van der Waals surface area contributed by atoms with Crippen molar-refractivity contribution >= 4 is 5.97 Å². The Bertz CT molecular complexity index is 242. The van der Waals surface area contributed by atoms with E-state index in [1.54, 1.807) is 0 Å². The lowest BCUT2D eigenvalue weighted by atomic mass is 10.0. The van der Waals surface area contributed by atoms with Crippen molar-refractivity contribution in [1.29, 1.82) is 0 Å². The number of carbonyl (C=O) groups is 1. The standard InChI is InChI=1S/C15H28O4/c16-12-11-13(17)14-9-7-5-3-1-2-4-6-8-10-15(18)19-14/h13-14,16-17H,1-12H2/t13-,14?/m1/s1. The molecule has 0 amide bonds. The van der Waals surface area contributed by atoms with Crippen molar-refractivity contribution in [1.82, 2.24) is 0 Å². The molecule has 0 aliphatic carbocycles. The lowest BCUT2D eigenvalue weighted by Gasteiger charge is -2.22. The number of aliphatic hydroxyl groups is 2. The highest BCUT2D eigenvalue weighted by Gasteiger charge is 2.22. The van der Waals surface area contributed by atoms with Crippen LogP contribution < -0.4 is 0 Å². The van der Waals surface area contributed by atoms with Crippen molar-refractivity contribution in [3.63, 3.8) is 0 Å². The summed E-state index contributed by atoms with van der Waals surface area (Å²) in [7, 11) is 0. The zero-order chi connectivity index (χ0) is 13.9. The van der Waals surface area contributed by atoms with Gasteiger partial charge in [-0.25, -0.2) is 0 Å². The second-order valence-corrected chi connectivity index (χ2v) is 5.48. The van der Waals surface area contributed by atoms with Gasteiger partial charge in [0.2, 0.25) is 0 Å². The van der Waals surface area contributed by atoms with Crippen LogP contribution >= 0.6 is 0 Å². The molecule has 112 valence electrons. The topological polar surface area (TPSA) is 66.8 Å². The van der Waals surface area contributed by atoms with Crippen molar-refractivity contribution in [2.24, 2.45) is 0 Å². The maximum absolute atomic E-state index is 11.7. The van der Waals surface area contributed by atoms with Gasteiger partial charge in [0, 0.05) is 19.4 Å². The number of ether oxygens (including phenoxy) is 1. The summed E-state index contributed by atoms with van der Waals surface area (Å²) in [6, 6.07) is 0. The van der Waals surface area contributed by atoms with Gasteiger partial charge in [-0.05, 0) is 19.3 Å². The lowest BCUT2D eigenvalue weighted by molar-refractivity contribution is -0.156. The van der Waals surface area contributed by atoms with E-state index in [0.29, 0.717) is 12.8 Å². The Hall–Kier alpha value is -0.610.